The van der Waals surface area contributed by atoms with Gasteiger partial charge < -0.3 is 0 Å². The van der Waals surface area contributed by atoms with Crippen molar-refractivity contribution in [3.8, 4) is 6.07 Å². The number of hydrogen-bond donors (Lipinski definition) is 0. The van der Waals surface area contributed by atoms with E-state index in [4.69, 9.17) is 5.26 Å². The van der Waals surface area contributed by atoms with Crippen LogP contribution in [0.3, 0.4) is 0 Å². The molecule has 1 saturated heterocycles. The Kier molecular flexibility index (Phi) is 3.93. The first-order valence-electron chi connectivity index (χ1n) is 7.87. The smallest absolute Gasteiger partial charge is 0.243 e. The van der Waals surface area contributed by atoms with Gasteiger partial charge in [0.15, 0.2) is 0 Å². The Morgan fingerprint density at radius 3 is 2.62 bits per heavy atom. The molecule has 124 valence electrons. The van der Waals surface area contributed by atoms with Crippen LogP contribution in [-0.4, -0.2) is 43.3 Å². The third-order valence-electron chi connectivity index (χ3n) is 4.80. The molecule has 1 aromatic heterocycles. The molecular formula is C17H17N3O2S2. The van der Waals surface area contributed by atoms with Gasteiger partial charge in [-0.05, 0) is 47.7 Å². The Labute approximate surface area is 145 Å². The van der Waals surface area contributed by atoms with Crippen LogP contribution in [0.15, 0.2) is 40.6 Å². The van der Waals surface area contributed by atoms with Crippen molar-refractivity contribution in [2.45, 2.75) is 23.9 Å². The molecule has 5 nitrogen and oxygen atoms in total. The van der Waals surface area contributed by atoms with Gasteiger partial charge >= 0.3 is 0 Å². The maximum absolute atomic E-state index is 12.6. The fourth-order valence-electron chi connectivity index (χ4n) is 3.28. The molecule has 0 N–H and O–H groups in total. The standard InChI is InChI=1S/C17H17N3O2S2/c18-9-13-1-3-16(4-2-13)24(21,22)20-11-15(12-20)19-7-5-17-14(10-19)6-8-23-17/h1-4,6,8,15H,5,7,10-12H2. The van der Waals surface area contributed by atoms with Gasteiger partial charge in [0.25, 0.3) is 0 Å². The van der Waals surface area contributed by atoms with E-state index < -0.39 is 10.0 Å². The Hall–Kier alpha value is -1.72. The predicted molar refractivity (Wildman–Crippen MR) is 92.1 cm³/mol. The van der Waals surface area contributed by atoms with Crippen LogP contribution in [0, 0.1) is 11.3 Å². The molecule has 0 radical (unpaired) electrons. The lowest BCUT2D eigenvalue weighted by Crippen LogP contribution is -2.61. The fraction of sp³-hybridized carbons (Fsp3) is 0.353. The zero-order valence-electron chi connectivity index (χ0n) is 13.1. The molecule has 0 saturated carbocycles. The van der Waals surface area contributed by atoms with Gasteiger partial charge in [0.2, 0.25) is 10.0 Å². The second-order valence-electron chi connectivity index (χ2n) is 6.20. The molecule has 0 unspecified atom stereocenters. The average Bonchev–Trinajstić information content (AvgIpc) is 3.01. The molecule has 0 bridgehead atoms. The summed E-state index contributed by atoms with van der Waals surface area (Å²) in [6.45, 7) is 3.01. The maximum atomic E-state index is 12.6. The molecule has 1 fully saturated rings. The van der Waals surface area contributed by atoms with Gasteiger partial charge in [-0.1, -0.05) is 0 Å². The molecule has 2 aliphatic heterocycles. The molecule has 7 heteroatoms. The minimum absolute atomic E-state index is 0.263. The van der Waals surface area contributed by atoms with Crippen LogP contribution < -0.4 is 0 Å². The van der Waals surface area contributed by atoms with Crippen molar-refractivity contribution in [2.24, 2.45) is 0 Å². The van der Waals surface area contributed by atoms with Crippen molar-refractivity contribution >= 4 is 21.4 Å². The van der Waals surface area contributed by atoms with Crippen molar-refractivity contribution in [3.05, 3.63) is 51.7 Å². The third kappa shape index (κ3) is 2.66. The first-order valence-corrected chi connectivity index (χ1v) is 10.2. The lowest BCUT2D eigenvalue weighted by atomic mass is 10.0. The summed E-state index contributed by atoms with van der Waals surface area (Å²) in [5, 5.41) is 11.0. The molecule has 0 spiro atoms. The summed E-state index contributed by atoms with van der Waals surface area (Å²) in [7, 11) is -3.45. The average molecular weight is 359 g/mol. The zero-order valence-corrected chi connectivity index (χ0v) is 14.7. The first-order chi connectivity index (χ1) is 11.6. The number of sulfonamides is 1. The maximum Gasteiger partial charge on any atom is 0.243 e. The minimum atomic E-state index is -3.45. The summed E-state index contributed by atoms with van der Waals surface area (Å²) in [6.07, 6.45) is 1.06. The fourth-order valence-corrected chi connectivity index (χ4v) is 5.68. The number of rotatable bonds is 3. The molecule has 3 heterocycles. The van der Waals surface area contributed by atoms with E-state index in [1.54, 1.807) is 12.1 Å². The van der Waals surface area contributed by atoms with Gasteiger partial charge in [0, 0.05) is 37.1 Å². The van der Waals surface area contributed by atoms with E-state index >= 15 is 0 Å². The normalized spacial score (nSPS) is 19.5. The van der Waals surface area contributed by atoms with E-state index in [1.165, 1.54) is 26.9 Å². The van der Waals surface area contributed by atoms with Crippen LogP contribution in [0.2, 0.25) is 0 Å². The van der Waals surface area contributed by atoms with Crippen LogP contribution in [-0.2, 0) is 23.0 Å². The molecular weight excluding hydrogens is 342 g/mol. The van der Waals surface area contributed by atoms with Crippen LogP contribution in [0.25, 0.3) is 0 Å². The Morgan fingerprint density at radius 1 is 1.17 bits per heavy atom. The van der Waals surface area contributed by atoms with Gasteiger partial charge in [-0.3, -0.25) is 4.90 Å². The highest BCUT2D eigenvalue weighted by Gasteiger charge is 2.40. The van der Waals surface area contributed by atoms with E-state index in [2.05, 4.69) is 16.3 Å². The van der Waals surface area contributed by atoms with Crippen LogP contribution >= 0.6 is 11.3 Å². The molecule has 24 heavy (non-hydrogen) atoms. The number of benzene rings is 1. The highest BCUT2D eigenvalue weighted by atomic mass is 32.2. The predicted octanol–water partition coefficient (Wildman–Crippen LogP) is 2.05. The Morgan fingerprint density at radius 2 is 1.92 bits per heavy atom. The van der Waals surface area contributed by atoms with Crippen molar-refractivity contribution < 1.29 is 8.42 Å². The molecule has 1 aromatic carbocycles. The van der Waals surface area contributed by atoms with Crippen LogP contribution in [0.5, 0.6) is 0 Å². The number of nitrogens with zero attached hydrogens (tertiary/aromatic N) is 3. The first kappa shape index (κ1) is 15.8. The molecule has 2 aromatic rings. The summed E-state index contributed by atoms with van der Waals surface area (Å²) in [5.41, 5.74) is 1.86. The number of nitriles is 1. The van der Waals surface area contributed by atoms with Gasteiger partial charge in [0.1, 0.15) is 0 Å². The van der Waals surface area contributed by atoms with Gasteiger partial charge in [-0.2, -0.15) is 9.57 Å². The van der Waals surface area contributed by atoms with Crippen molar-refractivity contribution in [1.29, 1.82) is 5.26 Å². The highest BCUT2D eigenvalue weighted by molar-refractivity contribution is 7.89. The molecule has 0 amide bonds. The SMILES string of the molecule is N#Cc1ccc(S(=O)(=O)N2CC(N3CCc4sccc4C3)C2)cc1. The molecule has 0 atom stereocenters. The van der Waals surface area contributed by atoms with Crippen LogP contribution in [0.1, 0.15) is 16.0 Å². The monoisotopic (exact) mass is 359 g/mol. The van der Waals surface area contributed by atoms with E-state index in [0.29, 0.717) is 24.7 Å². The largest absolute Gasteiger partial charge is 0.293 e. The second kappa shape index (κ2) is 5.97. The summed E-state index contributed by atoms with van der Waals surface area (Å²) in [5.74, 6) is 0. The quantitative estimate of drug-likeness (QED) is 0.841. The lowest BCUT2D eigenvalue weighted by molar-refractivity contribution is 0.0775. The third-order valence-corrected chi connectivity index (χ3v) is 7.67. The van der Waals surface area contributed by atoms with Gasteiger partial charge in [0.05, 0.1) is 16.5 Å². The molecule has 2 aliphatic rings. The zero-order chi connectivity index (χ0) is 16.7. The Balaban J connectivity index is 1.42. The lowest BCUT2D eigenvalue weighted by Gasteiger charge is -2.45. The second-order valence-corrected chi connectivity index (χ2v) is 9.14. The number of hydrogen-bond acceptors (Lipinski definition) is 5. The molecule has 0 aliphatic carbocycles. The van der Waals surface area contributed by atoms with E-state index in [-0.39, 0.29) is 4.90 Å². The van der Waals surface area contributed by atoms with Gasteiger partial charge in [-0.25, -0.2) is 8.42 Å². The summed E-state index contributed by atoms with van der Waals surface area (Å²) >= 11 is 1.81. The van der Waals surface area contributed by atoms with Crippen LogP contribution in [0.4, 0.5) is 0 Å². The summed E-state index contributed by atoms with van der Waals surface area (Å²) in [4.78, 5) is 4.12. The number of thiophene rings is 1. The van der Waals surface area contributed by atoms with Crippen molar-refractivity contribution in [2.75, 3.05) is 19.6 Å². The van der Waals surface area contributed by atoms with Crippen molar-refractivity contribution in [1.82, 2.24) is 9.21 Å². The van der Waals surface area contributed by atoms with Crippen molar-refractivity contribution in [3.63, 3.8) is 0 Å². The Bertz CT molecular complexity index is 891. The molecule has 4 rings (SSSR count). The van der Waals surface area contributed by atoms with E-state index in [1.807, 2.05) is 17.4 Å². The highest BCUT2D eigenvalue weighted by Crippen LogP contribution is 2.30. The van der Waals surface area contributed by atoms with E-state index in [9.17, 15) is 8.42 Å². The van der Waals surface area contributed by atoms with E-state index in [0.717, 1.165) is 19.5 Å². The minimum Gasteiger partial charge on any atom is -0.293 e. The summed E-state index contributed by atoms with van der Waals surface area (Å²) in [6, 6.07) is 10.6. The number of fused-ring (bicyclic) bond motifs is 1. The van der Waals surface area contributed by atoms with Gasteiger partial charge in [-0.15, -0.1) is 11.3 Å². The summed E-state index contributed by atoms with van der Waals surface area (Å²) < 4.78 is 26.8. The topological polar surface area (TPSA) is 64.4 Å².